The Morgan fingerprint density at radius 1 is 1.38 bits per heavy atom. The van der Waals surface area contributed by atoms with Gasteiger partial charge in [-0.3, -0.25) is 4.79 Å². The topological polar surface area (TPSA) is 78.3 Å². The first kappa shape index (κ1) is 17.9. The van der Waals surface area contributed by atoms with Crippen LogP contribution in [0.2, 0.25) is 0 Å². The molecule has 0 spiro atoms. The van der Waals surface area contributed by atoms with E-state index < -0.39 is 0 Å². The summed E-state index contributed by atoms with van der Waals surface area (Å²) in [4.78, 5) is 20.6. The lowest BCUT2D eigenvalue weighted by Crippen LogP contribution is -2.35. The second-order valence-electron chi connectivity index (χ2n) is 5.77. The number of hydrogen-bond acceptors (Lipinski definition) is 6. The molecule has 1 amide bonds. The van der Waals surface area contributed by atoms with Gasteiger partial charge in [0.25, 0.3) is 5.91 Å². The van der Waals surface area contributed by atoms with Crippen LogP contribution in [0.5, 0.6) is 11.5 Å². The number of carbonyl (C=O) groups excluding carboxylic acids is 1. The number of amides is 1. The fourth-order valence-corrected chi connectivity index (χ4v) is 3.00. The quantitative estimate of drug-likeness (QED) is 0.658. The Labute approximate surface area is 155 Å². The normalized spacial score (nSPS) is 11.8. The zero-order chi connectivity index (χ0) is 18.4. The molecule has 1 N–H and O–H groups in total. The molecule has 26 heavy (non-hydrogen) atoms. The molecule has 8 heteroatoms. The Bertz CT molecular complexity index is 834. The van der Waals surface area contributed by atoms with Gasteiger partial charge in [0.05, 0.1) is 24.6 Å². The Morgan fingerprint density at radius 2 is 2.27 bits per heavy atom. The lowest BCUT2D eigenvalue weighted by Gasteiger charge is -2.16. The molecule has 1 aromatic carbocycles. The van der Waals surface area contributed by atoms with Crippen LogP contribution in [0.15, 0.2) is 47.8 Å². The average molecular weight is 372 g/mol. The number of methoxy groups -OCH3 is 1. The summed E-state index contributed by atoms with van der Waals surface area (Å²) in [6.07, 6.45) is 5.30. The van der Waals surface area contributed by atoms with Crippen LogP contribution in [-0.4, -0.2) is 33.6 Å². The monoisotopic (exact) mass is 372 g/mol. The molecule has 136 valence electrons. The highest BCUT2D eigenvalue weighted by molar-refractivity contribution is 7.07. The van der Waals surface area contributed by atoms with Gasteiger partial charge < -0.3 is 19.4 Å². The van der Waals surface area contributed by atoms with E-state index in [-0.39, 0.29) is 11.9 Å². The van der Waals surface area contributed by atoms with Crippen LogP contribution in [0.25, 0.3) is 0 Å². The zero-order valence-electron chi connectivity index (χ0n) is 14.6. The van der Waals surface area contributed by atoms with Crippen molar-refractivity contribution in [3.8, 4) is 11.5 Å². The highest BCUT2D eigenvalue weighted by Gasteiger charge is 2.14. The van der Waals surface area contributed by atoms with Crippen LogP contribution in [0, 0.1) is 0 Å². The van der Waals surface area contributed by atoms with Gasteiger partial charge in [-0.2, -0.15) is 0 Å². The van der Waals surface area contributed by atoms with Crippen molar-refractivity contribution in [1.82, 2.24) is 19.9 Å². The molecule has 0 aliphatic rings. The summed E-state index contributed by atoms with van der Waals surface area (Å²) < 4.78 is 13.0. The summed E-state index contributed by atoms with van der Waals surface area (Å²) in [5, 5.41) is 4.89. The van der Waals surface area contributed by atoms with Crippen LogP contribution in [-0.2, 0) is 13.2 Å². The van der Waals surface area contributed by atoms with Crippen LogP contribution in [0.4, 0.5) is 0 Å². The number of hydrogen-bond donors (Lipinski definition) is 1. The summed E-state index contributed by atoms with van der Waals surface area (Å²) in [5.41, 5.74) is 3.13. The molecule has 0 saturated carbocycles. The molecule has 1 atom stereocenters. The van der Waals surface area contributed by atoms with E-state index in [4.69, 9.17) is 9.47 Å². The zero-order valence-corrected chi connectivity index (χ0v) is 15.4. The van der Waals surface area contributed by atoms with E-state index in [1.807, 2.05) is 23.1 Å². The van der Waals surface area contributed by atoms with Gasteiger partial charge in [-0.25, -0.2) is 9.97 Å². The van der Waals surface area contributed by atoms with Gasteiger partial charge in [-0.15, -0.1) is 11.3 Å². The maximum atomic E-state index is 12.5. The number of carbonyl (C=O) groups is 1. The van der Waals surface area contributed by atoms with Gasteiger partial charge in [0.1, 0.15) is 6.61 Å². The lowest BCUT2D eigenvalue weighted by molar-refractivity contribution is 0.0936. The van der Waals surface area contributed by atoms with Gasteiger partial charge in [-0.05, 0) is 25.1 Å². The first-order valence-corrected chi connectivity index (χ1v) is 9.04. The minimum Gasteiger partial charge on any atom is -0.493 e. The third-order valence-electron chi connectivity index (χ3n) is 3.71. The van der Waals surface area contributed by atoms with E-state index in [9.17, 15) is 4.79 Å². The smallest absolute Gasteiger partial charge is 0.251 e. The van der Waals surface area contributed by atoms with Crippen LogP contribution in [0.3, 0.4) is 0 Å². The highest BCUT2D eigenvalue weighted by atomic mass is 32.1. The van der Waals surface area contributed by atoms with Crippen molar-refractivity contribution in [2.24, 2.45) is 0 Å². The number of thiazole rings is 1. The van der Waals surface area contributed by atoms with Crippen molar-refractivity contribution in [2.75, 3.05) is 7.11 Å². The molecule has 0 fully saturated rings. The molecule has 7 nitrogen and oxygen atoms in total. The van der Waals surface area contributed by atoms with Crippen molar-refractivity contribution in [1.29, 1.82) is 0 Å². The molecule has 0 saturated heterocycles. The fraction of sp³-hybridized carbons (Fsp3) is 0.278. The van der Waals surface area contributed by atoms with Gasteiger partial charge in [0.2, 0.25) is 0 Å². The first-order valence-electron chi connectivity index (χ1n) is 8.10. The Morgan fingerprint density at radius 3 is 2.96 bits per heavy atom. The van der Waals surface area contributed by atoms with E-state index in [1.54, 1.807) is 43.3 Å². The molecule has 0 aliphatic carbocycles. The van der Waals surface area contributed by atoms with E-state index >= 15 is 0 Å². The Balaban J connectivity index is 1.62. The third-order valence-corrected chi connectivity index (χ3v) is 4.34. The summed E-state index contributed by atoms with van der Waals surface area (Å²) in [6.45, 7) is 2.95. The minimum atomic E-state index is -0.165. The molecule has 1 unspecified atom stereocenters. The number of nitrogens with one attached hydrogen (secondary N) is 1. The molecular formula is C18H20N4O3S. The van der Waals surface area contributed by atoms with Gasteiger partial charge in [0, 0.05) is 35.9 Å². The summed E-state index contributed by atoms with van der Waals surface area (Å²) in [7, 11) is 1.55. The van der Waals surface area contributed by atoms with Crippen LogP contribution in [0.1, 0.15) is 23.0 Å². The summed E-state index contributed by atoms with van der Waals surface area (Å²) in [6, 6.07) is 5.09. The van der Waals surface area contributed by atoms with E-state index in [0.717, 1.165) is 5.69 Å². The SMILES string of the molecule is COc1cc(C(=O)NC(C)Cn2ccnc2)ccc1OCc1cscn1. The molecule has 3 aromatic rings. The summed E-state index contributed by atoms with van der Waals surface area (Å²) >= 11 is 1.52. The molecule has 0 aliphatic heterocycles. The van der Waals surface area contributed by atoms with Crippen molar-refractivity contribution >= 4 is 17.2 Å². The number of ether oxygens (including phenoxy) is 2. The third kappa shape index (κ3) is 4.60. The molecule has 2 heterocycles. The second-order valence-corrected chi connectivity index (χ2v) is 6.49. The lowest BCUT2D eigenvalue weighted by atomic mass is 10.1. The van der Waals surface area contributed by atoms with Crippen LogP contribution >= 0.6 is 11.3 Å². The number of aromatic nitrogens is 3. The number of nitrogens with zero attached hydrogens (tertiary/aromatic N) is 3. The average Bonchev–Trinajstić information content (AvgIpc) is 3.33. The van der Waals surface area contributed by atoms with Crippen molar-refractivity contribution in [3.05, 3.63) is 59.1 Å². The standard InChI is InChI=1S/C18H20N4O3S/c1-13(8-22-6-5-19-11-22)21-18(23)14-3-4-16(17(7-14)24-2)25-9-15-10-26-12-20-15/h3-7,10-13H,8-9H2,1-2H3,(H,21,23). The van der Waals surface area contributed by atoms with E-state index in [2.05, 4.69) is 15.3 Å². The molecular weight excluding hydrogens is 352 g/mol. The number of imidazole rings is 1. The number of benzene rings is 1. The predicted molar refractivity (Wildman–Crippen MR) is 98.6 cm³/mol. The van der Waals surface area contributed by atoms with E-state index in [0.29, 0.717) is 30.2 Å². The molecule has 0 bridgehead atoms. The Kier molecular flexibility index (Phi) is 5.85. The highest BCUT2D eigenvalue weighted by Crippen LogP contribution is 2.28. The molecule has 3 rings (SSSR count). The second kappa shape index (κ2) is 8.48. The molecule has 2 aromatic heterocycles. The first-order chi connectivity index (χ1) is 12.7. The van der Waals surface area contributed by atoms with Crippen molar-refractivity contribution in [3.63, 3.8) is 0 Å². The van der Waals surface area contributed by atoms with Crippen LogP contribution < -0.4 is 14.8 Å². The van der Waals surface area contributed by atoms with Gasteiger partial charge in [-0.1, -0.05) is 0 Å². The maximum absolute atomic E-state index is 12.5. The van der Waals surface area contributed by atoms with Gasteiger partial charge in [0.15, 0.2) is 11.5 Å². The van der Waals surface area contributed by atoms with E-state index in [1.165, 1.54) is 11.3 Å². The number of rotatable bonds is 8. The fourth-order valence-electron chi connectivity index (χ4n) is 2.45. The Hall–Kier alpha value is -2.87. The van der Waals surface area contributed by atoms with Crippen molar-refractivity contribution in [2.45, 2.75) is 26.1 Å². The van der Waals surface area contributed by atoms with Crippen molar-refractivity contribution < 1.29 is 14.3 Å². The van der Waals surface area contributed by atoms with Gasteiger partial charge >= 0.3 is 0 Å². The largest absolute Gasteiger partial charge is 0.493 e. The summed E-state index contributed by atoms with van der Waals surface area (Å²) in [5.74, 6) is 0.917. The predicted octanol–water partition coefficient (Wildman–Crippen LogP) is 2.75. The molecule has 0 radical (unpaired) electrons. The maximum Gasteiger partial charge on any atom is 0.251 e. The minimum absolute atomic E-state index is 0.0386.